The Morgan fingerprint density at radius 3 is 2.52 bits per heavy atom. The van der Waals surface area contributed by atoms with Gasteiger partial charge in [0.15, 0.2) is 0 Å². The third kappa shape index (κ3) is 4.03. The van der Waals surface area contributed by atoms with Crippen molar-refractivity contribution < 1.29 is 24.3 Å². The second-order valence-electron chi connectivity index (χ2n) is 7.14. The molecule has 0 spiro atoms. The number of likely N-dealkylation sites (tertiary alicyclic amines) is 1. The number of imide groups is 1. The Morgan fingerprint density at radius 1 is 1.40 bits per heavy atom. The number of carbonyl (C=O) groups is 2. The van der Waals surface area contributed by atoms with Crippen molar-refractivity contribution in [3.05, 3.63) is 34.9 Å². The number of rotatable bonds is 5. The number of amides is 2. The molecule has 1 aliphatic heterocycles. The highest BCUT2D eigenvalue weighted by Gasteiger charge is 2.62. The molecule has 2 N–H and O–H groups in total. The molecule has 1 aromatic rings. The molecule has 2 amide bonds. The van der Waals surface area contributed by atoms with Crippen molar-refractivity contribution in [2.45, 2.75) is 44.8 Å². The number of hydrogen-bond donors (Lipinski definition) is 3. The molecule has 0 radical (unpaired) electrons. The standard InChI is InChI=1S/C18H24ClNO4S/c1-12(10-25)16(21)20(17(22)23)11-18(24,9-13(20)2)8-7-14-3-5-15(19)6-4-14/h3-6,12-13,24H,7-11H2,1-2H3,(H-,22,23,25)/p+1/t12?,13?,18?,20-/m0/s1. The number of nitrogens with zero attached hydrogens (tertiary/aromatic N) is 1. The van der Waals surface area contributed by atoms with Crippen LogP contribution in [-0.2, 0) is 11.2 Å². The van der Waals surface area contributed by atoms with Crippen LogP contribution in [0.2, 0.25) is 5.02 Å². The SMILES string of the molecule is CC(CS)C(=O)[N@+]1(C(=O)O)CC(O)(CCc2ccc(Cl)cc2)CC1C. The number of thiol groups is 1. The van der Waals surface area contributed by atoms with Crippen LogP contribution in [0.25, 0.3) is 0 Å². The first-order chi connectivity index (χ1) is 11.6. The molecule has 1 aromatic carbocycles. The molecule has 7 heteroatoms. The van der Waals surface area contributed by atoms with E-state index >= 15 is 0 Å². The maximum Gasteiger partial charge on any atom is 0.521 e. The van der Waals surface area contributed by atoms with Crippen LogP contribution >= 0.6 is 24.2 Å². The Hall–Kier alpha value is -1.08. The van der Waals surface area contributed by atoms with Crippen LogP contribution in [0.1, 0.15) is 32.3 Å². The zero-order valence-corrected chi connectivity index (χ0v) is 16.1. The van der Waals surface area contributed by atoms with Crippen molar-refractivity contribution in [2.75, 3.05) is 12.3 Å². The maximum atomic E-state index is 12.8. The average molecular weight is 387 g/mol. The minimum Gasteiger partial charge on any atom is -0.435 e. The van der Waals surface area contributed by atoms with E-state index in [0.29, 0.717) is 17.9 Å². The first-order valence-corrected chi connectivity index (χ1v) is 9.39. The molecule has 0 aliphatic carbocycles. The predicted molar refractivity (Wildman–Crippen MR) is 100.0 cm³/mol. The van der Waals surface area contributed by atoms with E-state index in [1.807, 2.05) is 12.1 Å². The van der Waals surface area contributed by atoms with E-state index in [4.69, 9.17) is 11.6 Å². The van der Waals surface area contributed by atoms with Gasteiger partial charge in [-0.2, -0.15) is 21.9 Å². The van der Waals surface area contributed by atoms with Crippen LogP contribution < -0.4 is 0 Å². The second-order valence-corrected chi connectivity index (χ2v) is 7.94. The maximum absolute atomic E-state index is 12.8. The Balaban J connectivity index is 2.19. The first kappa shape index (κ1) is 20.2. The number of halogens is 1. The van der Waals surface area contributed by atoms with E-state index in [0.717, 1.165) is 5.56 Å². The zero-order chi connectivity index (χ0) is 18.8. The van der Waals surface area contributed by atoms with Gasteiger partial charge in [0, 0.05) is 17.2 Å². The first-order valence-electron chi connectivity index (χ1n) is 8.38. The van der Waals surface area contributed by atoms with Gasteiger partial charge in [0.05, 0.1) is 5.92 Å². The molecule has 1 heterocycles. The Bertz CT molecular complexity index is 653. The summed E-state index contributed by atoms with van der Waals surface area (Å²) in [7, 11) is 0. The normalized spacial score (nSPS) is 30.2. The van der Waals surface area contributed by atoms with Crippen LogP contribution in [0.4, 0.5) is 4.79 Å². The van der Waals surface area contributed by atoms with E-state index in [2.05, 4.69) is 12.6 Å². The van der Waals surface area contributed by atoms with Gasteiger partial charge >= 0.3 is 12.0 Å². The molecule has 0 saturated carbocycles. The van der Waals surface area contributed by atoms with Crippen LogP contribution in [0.3, 0.4) is 0 Å². The lowest BCUT2D eigenvalue weighted by Crippen LogP contribution is -2.61. The summed E-state index contributed by atoms with van der Waals surface area (Å²) in [5.74, 6) is -0.597. The lowest BCUT2D eigenvalue weighted by Gasteiger charge is -2.32. The van der Waals surface area contributed by atoms with E-state index in [1.165, 1.54) is 0 Å². The second kappa shape index (κ2) is 7.66. The molecule has 138 valence electrons. The van der Waals surface area contributed by atoms with Gasteiger partial charge in [0.1, 0.15) is 18.2 Å². The molecule has 5 nitrogen and oxygen atoms in total. The summed E-state index contributed by atoms with van der Waals surface area (Å²) >= 11 is 10.0. The highest BCUT2D eigenvalue weighted by molar-refractivity contribution is 7.80. The van der Waals surface area contributed by atoms with Crippen molar-refractivity contribution >= 4 is 36.2 Å². The minimum absolute atomic E-state index is 0.103. The lowest BCUT2D eigenvalue weighted by atomic mass is 9.92. The summed E-state index contributed by atoms with van der Waals surface area (Å²) in [5, 5.41) is 21.4. The van der Waals surface area contributed by atoms with Crippen molar-refractivity contribution in [1.82, 2.24) is 0 Å². The monoisotopic (exact) mass is 386 g/mol. The zero-order valence-electron chi connectivity index (χ0n) is 14.5. The summed E-state index contributed by atoms with van der Waals surface area (Å²) in [6.45, 7) is 3.29. The Morgan fingerprint density at radius 2 is 2.00 bits per heavy atom. The molecule has 3 unspecified atom stereocenters. The highest BCUT2D eigenvalue weighted by atomic mass is 35.5. The number of aryl methyl sites for hydroxylation is 1. The van der Waals surface area contributed by atoms with Crippen molar-refractivity contribution in [2.24, 2.45) is 5.92 Å². The summed E-state index contributed by atoms with van der Waals surface area (Å²) in [5.41, 5.74) is -0.176. The number of aliphatic hydroxyl groups is 1. The van der Waals surface area contributed by atoms with Crippen LogP contribution in [0.5, 0.6) is 0 Å². The third-order valence-electron chi connectivity index (χ3n) is 5.19. The molecule has 2 rings (SSSR count). The quantitative estimate of drug-likeness (QED) is 0.535. The third-order valence-corrected chi connectivity index (χ3v) is 5.99. The smallest absolute Gasteiger partial charge is 0.435 e. The molecule has 25 heavy (non-hydrogen) atoms. The van der Waals surface area contributed by atoms with E-state index in [1.54, 1.807) is 26.0 Å². The molecule has 0 bridgehead atoms. The van der Waals surface area contributed by atoms with Gasteiger partial charge in [-0.05, 0) is 44.4 Å². The molecular formula is C18H25ClNO4S+. The van der Waals surface area contributed by atoms with Gasteiger partial charge in [-0.1, -0.05) is 23.7 Å². The molecule has 1 fully saturated rings. The largest absolute Gasteiger partial charge is 0.521 e. The van der Waals surface area contributed by atoms with E-state index in [-0.39, 0.29) is 18.7 Å². The van der Waals surface area contributed by atoms with E-state index in [9.17, 15) is 19.8 Å². The van der Waals surface area contributed by atoms with Gasteiger partial charge in [0.25, 0.3) is 0 Å². The van der Waals surface area contributed by atoms with Crippen molar-refractivity contribution in [3.63, 3.8) is 0 Å². The summed E-state index contributed by atoms with van der Waals surface area (Å²) in [6.07, 6.45) is 0.0665. The fourth-order valence-corrected chi connectivity index (χ4v) is 4.00. The van der Waals surface area contributed by atoms with Crippen LogP contribution in [0.15, 0.2) is 24.3 Å². The van der Waals surface area contributed by atoms with Crippen molar-refractivity contribution in [3.8, 4) is 0 Å². The number of quaternary nitrogens is 1. The summed E-state index contributed by atoms with van der Waals surface area (Å²) in [6, 6.07) is 6.86. The molecule has 4 atom stereocenters. The predicted octanol–water partition coefficient (Wildman–Crippen LogP) is 3.38. The molecule has 1 aliphatic rings. The topological polar surface area (TPSA) is 74.6 Å². The molecular weight excluding hydrogens is 362 g/mol. The van der Waals surface area contributed by atoms with Gasteiger partial charge in [0.2, 0.25) is 0 Å². The highest BCUT2D eigenvalue weighted by Crippen LogP contribution is 2.39. The average Bonchev–Trinajstić information content (AvgIpc) is 2.85. The lowest BCUT2D eigenvalue weighted by molar-refractivity contribution is -0.797. The van der Waals surface area contributed by atoms with Gasteiger partial charge in [-0.3, -0.25) is 0 Å². The Labute approximate surface area is 158 Å². The molecule has 1 saturated heterocycles. The Kier molecular flexibility index (Phi) is 6.20. The van der Waals surface area contributed by atoms with Gasteiger partial charge < -0.3 is 10.2 Å². The van der Waals surface area contributed by atoms with Gasteiger partial charge in [-0.15, -0.1) is 0 Å². The number of benzene rings is 1. The van der Waals surface area contributed by atoms with Crippen LogP contribution in [0, 0.1) is 5.92 Å². The number of carbonyl (C=O) groups excluding carboxylic acids is 1. The van der Waals surface area contributed by atoms with Gasteiger partial charge in [-0.25, -0.2) is 4.79 Å². The molecule has 0 aromatic heterocycles. The van der Waals surface area contributed by atoms with Crippen LogP contribution in [-0.4, -0.2) is 50.6 Å². The van der Waals surface area contributed by atoms with E-state index < -0.39 is 34.0 Å². The fraction of sp³-hybridized carbons (Fsp3) is 0.556. The van der Waals surface area contributed by atoms with Crippen molar-refractivity contribution in [1.29, 1.82) is 0 Å². The summed E-state index contributed by atoms with van der Waals surface area (Å²) in [4.78, 5) is 24.8. The minimum atomic E-state index is -1.20. The summed E-state index contributed by atoms with van der Waals surface area (Å²) < 4.78 is -0.723. The number of carboxylic acid groups (broad SMARTS) is 1. The fourth-order valence-electron chi connectivity index (χ4n) is 3.72. The number of hydrogen-bond acceptors (Lipinski definition) is 4.